The van der Waals surface area contributed by atoms with Crippen molar-refractivity contribution in [3.63, 3.8) is 0 Å². The predicted molar refractivity (Wildman–Crippen MR) is 147 cm³/mol. The van der Waals surface area contributed by atoms with E-state index in [1.165, 1.54) is 22.9 Å². The first-order chi connectivity index (χ1) is 17.5. The van der Waals surface area contributed by atoms with Crippen LogP contribution in [0.2, 0.25) is 0 Å². The summed E-state index contributed by atoms with van der Waals surface area (Å²) in [6, 6.07) is 16.1. The summed E-state index contributed by atoms with van der Waals surface area (Å²) in [6.45, 7) is 9.87. The van der Waals surface area contributed by atoms with Gasteiger partial charge in [0, 0.05) is 62.0 Å². The zero-order chi connectivity index (χ0) is 25.5. The van der Waals surface area contributed by atoms with Crippen molar-refractivity contribution in [2.75, 3.05) is 31.5 Å². The van der Waals surface area contributed by atoms with E-state index in [0.29, 0.717) is 18.7 Å². The number of nitrogens with one attached hydrogen (secondary N) is 1. The number of nitrogens with zero attached hydrogens (tertiary/aromatic N) is 3. The highest BCUT2D eigenvalue weighted by Gasteiger charge is 2.20. The summed E-state index contributed by atoms with van der Waals surface area (Å²) >= 11 is 1.71. The van der Waals surface area contributed by atoms with Gasteiger partial charge in [-0.2, -0.15) is 0 Å². The zero-order valence-corrected chi connectivity index (χ0v) is 22.1. The normalized spacial score (nSPS) is 13.9. The number of hydrogen-bond donors (Lipinski definition) is 1. The molecule has 0 atom stereocenters. The number of aromatic nitrogens is 1. The summed E-state index contributed by atoms with van der Waals surface area (Å²) in [6.07, 6.45) is 3.93. The van der Waals surface area contributed by atoms with Crippen LogP contribution in [-0.4, -0.2) is 52.8 Å². The van der Waals surface area contributed by atoms with Gasteiger partial charge in [0.2, 0.25) is 5.91 Å². The smallest absolute Gasteiger partial charge is 0.253 e. The SMILES string of the molecule is CCN(CC)C(=O)c1ccc(C(=C2CCN(Cc3cncs3)CC2)c2ccc(NC(C)=O)cc2)cc1. The van der Waals surface area contributed by atoms with Gasteiger partial charge in [-0.3, -0.25) is 19.5 Å². The number of piperidine rings is 1. The van der Waals surface area contributed by atoms with Gasteiger partial charge in [0.15, 0.2) is 0 Å². The topological polar surface area (TPSA) is 65.5 Å². The van der Waals surface area contributed by atoms with E-state index in [9.17, 15) is 9.59 Å². The Morgan fingerprint density at radius 1 is 0.944 bits per heavy atom. The summed E-state index contributed by atoms with van der Waals surface area (Å²) < 4.78 is 0. The first-order valence-corrected chi connectivity index (χ1v) is 13.5. The molecule has 7 heteroatoms. The van der Waals surface area contributed by atoms with Gasteiger partial charge in [-0.1, -0.05) is 29.8 Å². The average molecular weight is 503 g/mol. The molecule has 0 spiro atoms. The van der Waals surface area contributed by atoms with Crippen LogP contribution in [0.25, 0.3) is 5.57 Å². The van der Waals surface area contributed by atoms with Crippen LogP contribution in [0.1, 0.15) is 60.0 Å². The Labute approximate surface area is 217 Å². The van der Waals surface area contributed by atoms with Crippen molar-refractivity contribution in [1.29, 1.82) is 0 Å². The summed E-state index contributed by atoms with van der Waals surface area (Å²) in [5, 5.41) is 2.85. The number of benzene rings is 2. The minimum Gasteiger partial charge on any atom is -0.339 e. The van der Waals surface area contributed by atoms with Crippen LogP contribution in [-0.2, 0) is 11.3 Å². The highest BCUT2D eigenvalue weighted by atomic mass is 32.1. The minimum absolute atomic E-state index is 0.0665. The molecule has 0 bridgehead atoms. The number of likely N-dealkylation sites (tertiary alicyclic amines) is 1. The Kier molecular flexibility index (Phi) is 8.67. The molecule has 1 saturated heterocycles. The fourth-order valence-corrected chi connectivity index (χ4v) is 5.38. The van der Waals surface area contributed by atoms with Crippen molar-refractivity contribution in [3.8, 4) is 0 Å². The molecular formula is C29H34N4O2S. The van der Waals surface area contributed by atoms with Crippen molar-refractivity contribution in [3.05, 3.63) is 87.4 Å². The Morgan fingerprint density at radius 3 is 2.06 bits per heavy atom. The maximum absolute atomic E-state index is 12.8. The second kappa shape index (κ2) is 12.1. The molecule has 0 unspecified atom stereocenters. The number of carbonyl (C=O) groups is 2. The lowest BCUT2D eigenvalue weighted by Gasteiger charge is -2.30. The number of thiazole rings is 1. The van der Waals surface area contributed by atoms with E-state index < -0.39 is 0 Å². The van der Waals surface area contributed by atoms with Gasteiger partial charge in [-0.05, 0) is 67.7 Å². The van der Waals surface area contributed by atoms with Crippen molar-refractivity contribution < 1.29 is 9.59 Å². The molecule has 188 valence electrons. The number of hydrogen-bond acceptors (Lipinski definition) is 5. The lowest BCUT2D eigenvalue weighted by molar-refractivity contribution is -0.114. The fourth-order valence-electron chi connectivity index (χ4n) is 4.74. The van der Waals surface area contributed by atoms with Gasteiger partial charge >= 0.3 is 0 Å². The van der Waals surface area contributed by atoms with E-state index in [1.54, 1.807) is 11.3 Å². The molecule has 1 aliphatic heterocycles. The fraction of sp³-hybridized carbons (Fsp3) is 0.345. The highest BCUT2D eigenvalue weighted by molar-refractivity contribution is 7.09. The zero-order valence-electron chi connectivity index (χ0n) is 21.3. The van der Waals surface area contributed by atoms with Crippen molar-refractivity contribution in [1.82, 2.24) is 14.8 Å². The van der Waals surface area contributed by atoms with Gasteiger partial charge in [0.1, 0.15) is 0 Å². The molecule has 6 nitrogen and oxygen atoms in total. The van der Waals surface area contributed by atoms with Gasteiger partial charge in [-0.25, -0.2) is 0 Å². The van der Waals surface area contributed by atoms with E-state index in [2.05, 4.69) is 39.5 Å². The van der Waals surface area contributed by atoms with Crippen molar-refractivity contribution in [2.24, 2.45) is 0 Å². The largest absolute Gasteiger partial charge is 0.339 e. The number of rotatable bonds is 8. The van der Waals surface area contributed by atoms with E-state index in [-0.39, 0.29) is 11.8 Å². The van der Waals surface area contributed by atoms with Crippen LogP contribution in [0.5, 0.6) is 0 Å². The third-order valence-electron chi connectivity index (χ3n) is 6.64. The first kappa shape index (κ1) is 25.8. The summed E-state index contributed by atoms with van der Waals surface area (Å²) in [5.74, 6) is -0.0140. The summed E-state index contributed by atoms with van der Waals surface area (Å²) in [4.78, 5) is 34.1. The van der Waals surface area contributed by atoms with E-state index >= 15 is 0 Å². The Morgan fingerprint density at radius 2 is 1.53 bits per heavy atom. The van der Waals surface area contributed by atoms with Crippen LogP contribution in [0.3, 0.4) is 0 Å². The Hall–Kier alpha value is -3.29. The summed E-state index contributed by atoms with van der Waals surface area (Å²) in [7, 11) is 0. The molecule has 0 radical (unpaired) electrons. The van der Waals surface area contributed by atoms with Gasteiger partial charge in [0.05, 0.1) is 5.51 Å². The van der Waals surface area contributed by atoms with Crippen molar-refractivity contribution in [2.45, 2.75) is 40.2 Å². The van der Waals surface area contributed by atoms with Crippen molar-refractivity contribution >= 4 is 34.4 Å². The van der Waals surface area contributed by atoms with E-state index in [0.717, 1.165) is 49.3 Å². The van der Waals surface area contributed by atoms with Crippen LogP contribution < -0.4 is 5.32 Å². The lowest BCUT2D eigenvalue weighted by Crippen LogP contribution is -2.30. The van der Waals surface area contributed by atoms with Gasteiger partial charge in [0.25, 0.3) is 5.91 Å². The molecule has 36 heavy (non-hydrogen) atoms. The molecule has 2 amide bonds. The van der Waals surface area contributed by atoms with E-state index in [4.69, 9.17) is 0 Å². The van der Waals surface area contributed by atoms with Crippen LogP contribution >= 0.6 is 11.3 Å². The maximum Gasteiger partial charge on any atom is 0.253 e. The Bertz CT molecular complexity index is 1190. The van der Waals surface area contributed by atoms with Crippen LogP contribution in [0.4, 0.5) is 5.69 Å². The molecular weight excluding hydrogens is 468 g/mol. The Balaban J connectivity index is 1.62. The first-order valence-electron chi connectivity index (χ1n) is 12.6. The molecule has 3 aromatic rings. The number of anilines is 1. The minimum atomic E-state index is -0.0805. The highest BCUT2D eigenvalue weighted by Crippen LogP contribution is 2.33. The molecule has 1 N–H and O–H groups in total. The molecule has 0 aliphatic carbocycles. The standard InChI is InChI=1S/C29H34N4O2S/c1-4-33(5-2)29(35)25-8-6-22(7-9-25)28(23-10-12-26(13-11-23)31-21(3)34)24-14-16-32(17-15-24)19-27-18-30-20-36-27/h6-13,18,20H,4-5,14-17,19H2,1-3H3,(H,31,34). The quantitative estimate of drug-likeness (QED) is 0.430. The number of amides is 2. The second-order valence-electron chi connectivity index (χ2n) is 9.04. The van der Waals surface area contributed by atoms with Crippen LogP contribution in [0.15, 0.2) is 65.8 Å². The molecule has 1 aliphatic rings. The van der Waals surface area contributed by atoms with Gasteiger partial charge < -0.3 is 10.2 Å². The molecule has 2 aromatic carbocycles. The molecule has 2 heterocycles. The summed E-state index contributed by atoms with van der Waals surface area (Å²) in [5.41, 5.74) is 8.28. The third-order valence-corrected chi connectivity index (χ3v) is 7.41. The third kappa shape index (κ3) is 6.28. The second-order valence-corrected chi connectivity index (χ2v) is 10.0. The monoisotopic (exact) mass is 502 g/mol. The molecule has 0 saturated carbocycles. The van der Waals surface area contributed by atoms with E-state index in [1.807, 2.05) is 54.7 Å². The average Bonchev–Trinajstić information content (AvgIpc) is 3.40. The number of carbonyl (C=O) groups excluding carboxylic acids is 2. The van der Waals surface area contributed by atoms with Crippen LogP contribution in [0, 0.1) is 0 Å². The lowest BCUT2D eigenvalue weighted by atomic mass is 9.88. The predicted octanol–water partition coefficient (Wildman–Crippen LogP) is 5.68. The molecule has 1 aromatic heterocycles. The molecule has 1 fully saturated rings. The maximum atomic E-state index is 12.8. The van der Waals surface area contributed by atoms with Gasteiger partial charge in [-0.15, -0.1) is 11.3 Å². The molecule has 4 rings (SSSR count).